The fourth-order valence-corrected chi connectivity index (χ4v) is 3.45. The maximum absolute atomic E-state index is 12.8. The summed E-state index contributed by atoms with van der Waals surface area (Å²) in [5.74, 6) is 0.733. The number of ether oxygens (including phenoxy) is 1. The van der Waals surface area contributed by atoms with Gasteiger partial charge in [0.15, 0.2) is 0 Å². The van der Waals surface area contributed by atoms with E-state index in [-0.39, 0.29) is 12.1 Å². The molecule has 2 rings (SSSR count). The number of carbonyl (C=O) groups is 1. The van der Waals surface area contributed by atoms with Crippen molar-refractivity contribution in [3.8, 4) is 0 Å². The van der Waals surface area contributed by atoms with Gasteiger partial charge in [0.1, 0.15) is 11.4 Å². The Morgan fingerprint density at radius 2 is 2.12 bits per heavy atom. The van der Waals surface area contributed by atoms with E-state index >= 15 is 0 Å². The molecular weight excluding hydrogens is 314 g/mol. The number of rotatable bonds is 4. The van der Waals surface area contributed by atoms with E-state index < -0.39 is 5.60 Å². The van der Waals surface area contributed by atoms with Gasteiger partial charge in [-0.2, -0.15) is 0 Å². The van der Waals surface area contributed by atoms with Gasteiger partial charge < -0.3 is 4.74 Å². The van der Waals surface area contributed by atoms with Gasteiger partial charge in [0.25, 0.3) is 0 Å². The van der Waals surface area contributed by atoms with Crippen LogP contribution in [0.3, 0.4) is 0 Å². The van der Waals surface area contributed by atoms with E-state index in [0.29, 0.717) is 6.04 Å². The molecule has 140 valence electrons. The van der Waals surface area contributed by atoms with Crippen molar-refractivity contribution in [2.24, 2.45) is 0 Å². The highest BCUT2D eigenvalue weighted by molar-refractivity contribution is 5.88. The van der Waals surface area contributed by atoms with Crippen molar-refractivity contribution in [1.29, 1.82) is 0 Å². The van der Waals surface area contributed by atoms with Crippen LogP contribution in [0.25, 0.3) is 0 Å². The minimum absolute atomic E-state index is 0.0258. The molecule has 0 bridgehead atoms. The summed E-state index contributed by atoms with van der Waals surface area (Å²) >= 11 is 0. The number of anilines is 1. The highest BCUT2D eigenvalue weighted by atomic mass is 16.6. The van der Waals surface area contributed by atoms with E-state index in [9.17, 15) is 4.79 Å². The highest BCUT2D eigenvalue weighted by Crippen LogP contribution is 2.36. The Hall–Kier alpha value is -1.62. The quantitative estimate of drug-likeness (QED) is 0.786. The number of aromatic nitrogens is 1. The molecule has 1 amide bonds. The zero-order chi connectivity index (χ0) is 18.6. The van der Waals surface area contributed by atoms with E-state index in [1.807, 2.05) is 40.7 Å². The smallest absolute Gasteiger partial charge is 0.416 e. The lowest BCUT2D eigenvalue weighted by molar-refractivity contribution is 0.0568. The zero-order valence-electron chi connectivity index (χ0n) is 16.6. The molecule has 0 saturated carbocycles. The molecule has 1 atom stereocenters. The first-order valence-corrected chi connectivity index (χ1v) is 9.45. The molecule has 1 aliphatic heterocycles. The normalized spacial score (nSPS) is 19.1. The van der Waals surface area contributed by atoms with E-state index in [2.05, 4.69) is 22.9 Å². The number of hydrogen-bond acceptors (Lipinski definition) is 4. The van der Waals surface area contributed by atoms with Crippen LogP contribution >= 0.6 is 0 Å². The van der Waals surface area contributed by atoms with Crippen LogP contribution < -0.4 is 4.90 Å². The minimum Gasteiger partial charge on any atom is -0.443 e. The largest absolute Gasteiger partial charge is 0.443 e. The standard InChI is InChI=1S/C20H33N3O2/c1-7-22-14-9-8-12-17(22)16-11-10-13-21-18(16)23(15(2)3)19(24)25-20(4,5)6/h10-11,13,15,17H,7-9,12,14H2,1-6H3/t17-/m1/s1. The highest BCUT2D eigenvalue weighted by Gasteiger charge is 2.32. The molecule has 1 aromatic heterocycles. The van der Waals surface area contributed by atoms with Crippen molar-refractivity contribution in [3.63, 3.8) is 0 Å². The van der Waals surface area contributed by atoms with E-state index in [0.717, 1.165) is 30.9 Å². The van der Waals surface area contributed by atoms with E-state index in [1.54, 1.807) is 11.1 Å². The van der Waals surface area contributed by atoms with Crippen LogP contribution in [-0.4, -0.2) is 40.7 Å². The van der Waals surface area contributed by atoms with Gasteiger partial charge in [0, 0.05) is 23.8 Å². The summed E-state index contributed by atoms with van der Waals surface area (Å²) in [6.07, 6.45) is 4.98. The minimum atomic E-state index is -0.528. The van der Waals surface area contributed by atoms with Gasteiger partial charge in [-0.05, 0) is 66.6 Å². The Morgan fingerprint density at radius 1 is 1.40 bits per heavy atom. The van der Waals surface area contributed by atoms with Gasteiger partial charge in [0.05, 0.1) is 0 Å². The zero-order valence-corrected chi connectivity index (χ0v) is 16.6. The molecule has 1 aliphatic rings. The molecule has 0 radical (unpaired) electrons. The number of nitrogens with zero attached hydrogens (tertiary/aromatic N) is 3. The lowest BCUT2D eigenvalue weighted by atomic mass is 9.95. The van der Waals surface area contributed by atoms with E-state index in [1.165, 1.54) is 12.8 Å². The van der Waals surface area contributed by atoms with Crippen molar-refractivity contribution in [2.75, 3.05) is 18.0 Å². The molecule has 5 nitrogen and oxygen atoms in total. The number of likely N-dealkylation sites (tertiary alicyclic amines) is 1. The second-order valence-corrected chi connectivity index (χ2v) is 8.00. The summed E-state index contributed by atoms with van der Waals surface area (Å²) in [6.45, 7) is 14.0. The van der Waals surface area contributed by atoms with Crippen molar-refractivity contribution in [1.82, 2.24) is 9.88 Å². The van der Waals surface area contributed by atoms with Gasteiger partial charge in [-0.3, -0.25) is 9.80 Å². The topological polar surface area (TPSA) is 45.7 Å². The first kappa shape index (κ1) is 19.7. The third-order valence-electron chi connectivity index (χ3n) is 4.53. The van der Waals surface area contributed by atoms with Crippen molar-refractivity contribution < 1.29 is 9.53 Å². The Balaban J connectivity index is 2.40. The lowest BCUT2D eigenvalue weighted by Crippen LogP contribution is -2.43. The molecule has 0 N–H and O–H groups in total. The first-order chi connectivity index (χ1) is 11.7. The summed E-state index contributed by atoms with van der Waals surface area (Å²) in [5.41, 5.74) is 0.600. The summed E-state index contributed by atoms with van der Waals surface area (Å²) < 4.78 is 5.64. The van der Waals surface area contributed by atoms with Crippen molar-refractivity contribution in [3.05, 3.63) is 23.9 Å². The van der Waals surface area contributed by atoms with Gasteiger partial charge in [-0.25, -0.2) is 9.78 Å². The summed E-state index contributed by atoms with van der Waals surface area (Å²) in [6, 6.07) is 4.36. The van der Waals surface area contributed by atoms with Gasteiger partial charge >= 0.3 is 6.09 Å². The predicted molar refractivity (Wildman–Crippen MR) is 102 cm³/mol. The molecule has 2 heterocycles. The second-order valence-electron chi connectivity index (χ2n) is 8.00. The lowest BCUT2D eigenvalue weighted by Gasteiger charge is -2.38. The Morgan fingerprint density at radius 3 is 2.72 bits per heavy atom. The van der Waals surface area contributed by atoms with Crippen molar-refractivity contribution in [2.45, 2.75) is 78.5 Å². The van der Waals surface area contributed by atoms with Crippen molar-refractivity contribution >= 4 is 11.9 Å². The summed E-state index contributed by atoms with van der Waals surface area (Å²) in [7, 11) is 0. The van der Waals surface area contributed by atoms with Gasteiger partial charge in [0.2, 0.25) is 0 Å². The average molecular weight is 348 g/mol. The molecule has 0 spiro atoms. The molecule has 1 saturated heterocycles. The number of amides is 1. The fraction of sp³-hybridized carbons (Fsp3) is 0.700. The molecule has 0 aliphatic carbocycles. The molecule has 25 heavy (non-hydrogen) atoms. The summed E-state index contributed by atoms with van der Waals surface area (Å²) in [5, 5.41) is 0. The third-order valence-corrected chi connectivity index (χ3v) is 4.53. The maximum Gasteiger partial charge on any atom is 0.416 e. The number of pyridine rings is 1. The first-order valence-electron chi connectivity index (χ1n) is 9.45. The number of piperidine rings is 1. The third kappa shape index (κ3) is 4.94. The van der Waals surface area contributed by atoms with Crippen LogP contribution in [0.15, 0.2) is 18.3 Å². The van der Waals surface area contributed by atoms with Crippen LogP contribution in [-0.2, 0) is 4.74 Å². The SMILES string of the molecule is CCN1CCCC[C@@H]1c1cccnc1N(C(=O)OC(C)(C)C)C(C)C. The Bertz CT molecular complexity index is 581. The number of hydrogen-bond donors (Lipinski definition) is 0. The average Bonchev–Trinajstić information content (AvgIpc) is 2.53. The molecular formula is C20H33N3O2. The van der Waals surface area contributed by atoms with Crippen LogP contribution in [0.2, 0.25) is 0 Å². The van der Waals surface area contributed by atoms with Crippen LogP contribution in [0.4, 0.5) is 10.6 Å². The summed E-state index contributed by atoms with van der Waals surface area (Å²) in [4.78, 5) is 21.6. The van der Waals surface area contributed by atoms with Gasteiger partial charge in [-0.15, -0.1) is 0 Å². The number of carbonyl (C=O) groups excluding carboxylic acids is 1. The van der Waals surface area contributed by atoms with E-state index in [4.69, 9.17) is 4.74 Å². The van der Waals surface area contributed by atoms with Gasteiger partial charge in [-0.1, -0.05) is 19.4 Å². The van der Waals surface area contributed by atoms with Crippen LogP contribution in [0.1, 0.15) is 72.4 Å². The predicted octanol–water partition coefficient (Wildman–Crippen LogP) is 4.78. The maximum atomic E-state index is 12.8. The Labute approximate surface area is 152 Å². The monoisotopic (exact) mass is 347 g/mol. The fourth-order valence-electron chi connectivity index (χ4n) is 3.45. The van der Waals surface area contributed by atoms with Crippen LogP contribution in [0, 0.1) is 0 Å². The molecule has 1 fully saturated rings. The molecule has 0 unspecified atom stereocenters. The van der Waals surface area contributed by atoms with Crippen LogP contribution in [0.5, 0.6) is 0 Å². The second kappa shape index (κ2) is 8.17. The molecule has 1 aromatic rings. The molecule has 5 heteroatoms. The molecule has 0 aromatic carbocycles. The Kier molecular flexibility index (Phi) is 6.44.